The molecular weight excluding hydrogens is 968 g/mol. The lowest BCUT2D eigenvalue weighted by atomic mass is 9.99. The number of aliphatic imine (C=N–C) groups is 1. The summed E-state index contributed by atoms with van der Waals surface area (Å²) < 4.78 is 3.73. The lowest BCUT2D eigenvalue weighted by Crippen LogP contribution is -2.49. The van der Waals surface area contributed by atoms with Crippen molar-refractivity contribution < 1.29 is 19.5 Å². The molecule has 5 atom stereocenters. The van der Waals surface area contributed by atoms with E-state index in [1.54, 1.807) is 39.7 Å². The summed E-state index contributed by atoms with van der Waals surface area (Å²) in [5, 5.41) is 29.6. The monoisotopic (exact) mass is 1020 g/mol. The van der Waals surface area contributed by atoms with Crippen molar-refractivity contribution in [2.45, 2.75) is 91.6 Å². The number of thiazole rings is 1. The van der Waals surface area contributed by atoms with Gasteiger partial charge in [0.05, 0.1) is 46.1 Å². The number of likely N-dealkylation sites (tertiary alicyclic amines) is 1. The molecular formula is C53H57ClN12O4S2. The molecule has 1 unspecified atom stereocenters. The van der Waals surface area contributed by atoms with Crippen LogP contribution in [0.5, 0.6) is 0 Å². The number of carbonyl (C=O) groups excluding carboxylic acids is 3. The Balaban J connectivity index is 0.798. The van der Waals surface area contributed by atoms with Gasteiger partial charge in [-0.1, -0.05) is 61.8 Å². The molecule has 8 heterocycles. The molecule has 0 radical (unpaired) electrons. The third kappa shape index (κ3) is 9.48. The van der Waals surface area contributed by atoms with Gasteiger partial charge in [-0.25, -0.2) is 9.97 Å². The number of amides is 3. The number of nitrogens with one attached hydrogen (secondary N) is 1. The number of piperazine rings is 1. The SMILES string of the molecule is Cc1ncsc1-c1ccc([C@H](C)NC(=O)[C@@H]2C[C@@H](O)CN2C(=O)C(C(C)C)n2ccc(-c3ccnc(N4CCN(C(=O)C[C@@H]5N=C(c6ccc(Cl)cc6)c6c(sc(C)c6C)-n6c(C)nnc65)CC4)c3)n2)cc1. The number of thiophene rings is 1. The maximum Gasteiger partial charge on any atom is 0.248 e. The zero-order valence-corrected chi connectivity index (χ0v) is 43.7. The first-order valence-corrected chi connectivity index (χ1v) is 26.4. The fourth-order valence-corrected chi connectivity index (χ4v) is 12.2. The topological polar surface area (TPSA) is 180 Å². The summed E-state index contributed by atoms with van der Waals surface area (Å²) in [6, 6.07) is 19.0. The number of carbonyl (C=O) groups is 3. The number of aliphatic hydroxyl groups excluding tert-OH is 1. The quantitative estimate of drug-likeness (QED) is 0.121. The van der Waals surface area contributed by atoms with E-state index in [1.807, 2.05) is 112 Å². The summed E-state index contributed by atoms with van der Waals surface area (Å²) in [6.07, 6.45) is 2.99. The highest BCUT2D eigenvalue weighted by atomic mass is 35.5. The smallest absolute Gasteiger partial charge is 0.248 e. The van der Waals surface area contributed by atoms with E-state index in [0.29, 0.717) is 42.7 Å². The molecule has 3 aliphatic rings. The van der Waals surface area contributed by atoms with Crippen molar-refractivity contribution in [2.75, 3.05) is 37.6 Å². The fraction of sp³-hybridized carbons (Fsp3) is 0.377. The van der Waals surface area contributed by atoms with Crippen LogP contribution in [0.3, 0.4) is 0 Å². The van der Waals surface area contributed by atoms with Gasteiger partial charge >= 0.3 is 0 Å². The molecule has 2 N–H and O–H groups in total. The van der Waals surface area contributed by atoms with Gasteiger partial charge in [-0.3, -0.25) is 28.6 Å². The highest BCUT2D eigenvalue weighted by molar-refractivity contribution is 7.15. The number of aryl methyl sites for hydroxylation is 3. The minimum absolute atomic E-state index is 0.0140. The van der Waals surface area contributed by atoms with Gasteiger partial charge in [0, 0.05) is 78.1 Å². The molecule has 5 aromatic heterocycles. The molecule has 10 rings (SSSR count). The Morgan fingerprint density at radius 1 is 0.889 bits per heavy atom. The van der Waals surface area contributed by atoms with Gasteiger partial charge in [-0.2, -0.15) is 5.10 Å². The number of benzene rings is 2. The molecule has 2 fully saturated rings. The van der Waals surface area contributed by atoms with Crippen LogP contribution in [0, 0.1) is 33.6 Å². The van der Waals surface area contributed by atoms with Crippen LogP contribution in [0.25, 0.3) is 26.7 Å². The Bertz CT molecular complexity index is 3190. The number of aromatic nitrogens is 7. The Morgan fingerprint density at radius 3 is 2.33 bits per heavy atom. The number of rotatable bonds is 12. The first kappa shape index (κ1) is 49.0. The highest BCUT2D eigenvalue weighted by Gasteiger charge is 2.43. The lowest BCUT2D eigenvalue weighted by Gasteiger charge is -2.36. The zero-order valence-electron chi connectivity index (χ0n) is 41.3. The summed E-state index contributed by atoms with van der Waals surface area (Å²) in [5.41, 5.74) is 10.2. The first-order chi connectivity index (χ1) is 34.6. The van der Waals surface area contributed by atoms with E-state index in [4.69, 9.17) is 26.7 Å². The van der Waals surface area contributed by atoms with Gasteiger partial charge < -0.3 is 25.1 Å². The molecule has 0 spiro atoms. The third-order valence-electron chi connectivity index (χ3n) is 14.1. The standard InChI is InChI=1S/C53H57ClN12O4S2/c1-29(2)48(52(70)64-27-40(67)25-43(64)51(69)57-31(4)35-8-10-37(11-9-35)49-32(5)56-28-71-49)65-19-17-41(61-65)38-16-18-55-44(24-38)62-20-22-63(23-21-62)45(68)26-42-50-60-59-34(7)66(50)53-46(30(3)33(6)72-53)47(58-42)36-12-14-39(54)15-13-36/h8-19,24,28-29,31,40,42-43,48,67H,20-23,25-27H2,1-7H3,(H,57,69)/t31-,40+,42-,43-,48?/m0/s1. The van der Waals surface area contributed by atoms with Crippen LogP contribution in [0.15, 0.2) is 89.6 Å². The van der Waals surface area contributed by atoms with Gasteiger partial charge in [-0.15, -0.1) is 32.9 Å². The summed E-state index contributed by atoms with van der Waals surface area (Å²) in [6.45, 7) is 16.2. The molecule has 19 heteroatoms. The van der Waals surface area contributed by atoms with Crippen LogP contribution >= 0.6 is 34.3 Å². The minimum atomic E-state index is -0.837. The normalized spacial score (nSPS) is 18.7. The van der Waals surface area contributed by atoms with Crippen molar-refractivity contribution in [3.8, 4) is 26.7 Å². The van der Waals surface area contributed by atoms with Gasteiger partial charge in [0.25, 0.3) is 0 Å². The van der Waals surface area contributed by atoms with Crippen LogP contribution in [-0.2, 0) is 14.4 Å². The van der Waals surface area contributed by atoms with E-state index in [2.05, 4.69) is 43.8 Å². The van der Waals surface area contributed by atoms with Crippen molar-refractivity contribution in [2.24, 2.45) is 10.9 Å². The van der Waals surface area contributed by atoms with Crippen LogP contribution in [0.4, 0.5) is 5.82 Å². The minimum Gasteiger partial charge on any atom is -0.391 e. The lowest BCUT2D eigenvalue weighted by molar-refractivity contribution is -0.142. The highest BCUT2D eigenvalue weighted by Crippen LogP contribution is 2.40. The predicted octanol–water partition coefficient (Wildman–Crippen LogP) is 8.27. The number of β-amino-alcohol motifs (C(OH)–C–C–N with tert-alkyl or cyclic N) is 1. The Morgan fingerprint density at radius 2 is 1.62 bits per heavy atom. The number of aliphatic hydroxyl groups is 1. The second kappa shape index (κ2) is 20.1. The Kier molecular flexibility index (Phi) is 13.7. The first-order valence-electron chi connectivity index (χ1n) is 24.3. The van der Waals surface area contributed by atoms with E-state index in [1.165, 1.54) is 9.78 Å². The molecule has 372 valence electrons. The number of nitrogens with zero attached hydrogens (tertiary/aromatic N) is 11. The summed E-state index contributed by atoms with van der Waals surface area (Å²) in [4.78, 5) is 64.8. The number of halogens is 1. The van der Waals surface area contributed by atoms with Crippen LogP contribution in [0.2, 0.25) is 5.02 Å². The van der Waals surface area contributed by atoms with Gasteiger partial charge in [0.15, 0.2) is 5.82 Å². The summed E-state index contributed by atoms with van der Waals surface area (Å²) >= 11 is 9.58. The van der Waals surface area contributed by atoms with E-state index in [9.17, 15) is 19.5 Å². The fourth-order valence-electron chi connectivity index (χ4n) is 10.1. The number of hydrogen-bond donors (Lipinski definition) is 2. The van der Waals surface area contributed by atoms with Crippen molar-refractivity contribution in [1.29, 1.82) is 0 Å². The Labute approximate surface area is 431 Å². The van der Waals surface area contributed by atoms with Crippen molar-refractivity contribution in [1.82, 2.24) is 49.6 Å². The van der Waals surface area contributed by atoms with Gasteiger partial charge in [-0.05, 0) is 87.6 Å². The molecule has 3 amide bonds. The average molecular weight is 1030 g/mol. The number of fused-ring (bicyclic) bond motifs is 3. The number of hydrogen-bond acceptors (Lipinski definition) is 13. The third-order valence-corrected chi connectivity index (χ3v) is 16.6. The molecule has 7 aromatic rings. The molecule has 72 heavy (non-hydrogen) atoms. The Hall–Kier alpha value is -6.60. The molecule has 3 aliphatic heterocycles. The summed E-state index contributed by atoms with van der Waals surface area (Å²) in [5.74, 6) is 1.36. The van der Waals surface area contributed by atoms with Crippen LogP contribution < -0.4 is 10.2 Å². The van der Waals surface area contributed by atoms with E-state index in [0.717, 1.165) is 66.3 Å². The van der Waals surface area contributed by atoms with Crippen LogP contribution in [0.1, 0.15) is 96.2 Å². The molecule has 0 saturated carbocycles. The molecule has 16 nitrogen and oxygen atoms in total. The zero-order chi connectivity index (χ0) is 50.5. The van der Waals surface area contributed by atoms with Crippen LogP contribution in [-0.4, -0.2) is 118 Å². The number of anilines is 1. The van der Waals surface area contributed by atoms with Crippen molar-refractivity contribution in [3.63, 3.8) is 0 Å². The predicted molar refractivity (Wildman–Crippen MR) is 281 cm³/mol. The van der Waals surface area contributed by atoms with Crippen molar-refractivity contribution in [3.05, 3.63) is 134 Å². The second-order valence-corrected chi connectivity index (χ2v) is 21.8. The maximum absolute atomic E-state index is 14.5. The maximum atomic E-state index is 14.5. The molecule has 0 aliphatic carbocycles. The molecule has 2 aromatic carbocycles. The van der Waals surface area contributed by atoms with E-state index < -0.39 is 24.2 Å². The average Bonchev–Trinajstić information content (AvgIpc) is 4.22. The second-order valence-electron chi connectivity index (χ2n) is 19.3. The molecule has 0 bridgehead atoms. The van der Waals surface area contributed by atoms with E-state index >= 15 is 0 Å². The van der Waals surface area contributed by atoms with Gasteiger partial charge in [0.2, 0.25) is 17.7 Å². The largest absolute Gasteiger partial charge is 0.391 e. The summed E-state index contributed by atoms with van der Waals surface area (Å²) in [7, 11) is 0. The molecule has 2 saturated heterocycles. The van der Waals surface area contributed by atoms with Crippen molar-refractivity contribution >= 4 is 63.5 Å². The van der Waals surface area contributed by atoms with E-state index in [-0.39, 0.29) is 49.1 Å². The van der Waals surface area contributed by atoms with Gasteiger partial charge in [0.1, 0.15) is 34.8 Å². The number of pyridine rings is 1.